The van der Waals surface area contributed by atoms with Crippen molar-refractivity contribution < 1.29 is 4.79 Å². The Morgan fingerprint density at radius 2 is 1.92 bits per heavy atom. The van der Waals surface area contributed by atoms with Crippen molar-refractivity contribution in [2.75, 3.05) is 12.3 Å². The summed E-state index contributed by atoms with van der Waals surface area (Å²) in [6, 6.07) is 7.03. The maximum atomic E-state index is 10.3. The first-order valence-corrected chi connectivity index (χ1v) is 4.06. The predicted molar refractivity (Wildman–Crippen MR) is 52.1 cm³/mol. The van der Waals surface area contributed by atoms with Gasteiger partial charge < -0.3 is 16.8 Å². The molecule has 0 saturated heterocycles. The first-order valence-electron chi connectivity index (χ1n) is 4.06. The lowest BCUT2D eigenvalue weighted by atomic mass is 10.1. The third kappa shape index (κ3) is 3.46. The topological polar surface area (TPSA) is 81.1 Å². The third-order valence-electron chi connectivity index (χ3n) is 1.69. The lowest BCUT2D eigenvalue weighted by Crippen LogP contribution is -2.30. The molecular formula is C9H13N3O. The molecular weight excluding hydrogens is 166 g/mol. The second-order valence-electron chi connectivity index (χ2n) is 2.78. The Balaban J connectivity index is 2.37. The van der Waals surface area contributed by atoms with Gasteiger partial charge in [-0.05, 0) is 24.1 Å². The van der Waals surface area contributed by atoms with Crippen LogP contribution in [-0.2, 0) is 6.42 Å². The molecule has 0 aliphatic carbocycles. The van der Waals surface area contributed by atoms with Crippen molar-refractivity contribution >= 4 is 11.7 Å². The fourth-order valence-electron chi connectivity index (χ4n) is 1.01. The minimum absolute atomic E-state index is 0.490. The van der Waals surface area contributed by atoms with Gasteiger partial charge in [0.1, 0.15) is 0 Å². The first kappa shape index (κ1) is 9.38. The summed E-state index contributed by atoms with van der Waals surface area (Å²) in [6.45, 7) is 0.555. The highest BCUT2D eigenvalue weighted by Crippen LogP contribution is 2.05. The van der Waals surface area contributed by atoms with Gasteiger partial charge in [-0.3, -0.25) is 0 Å². The lowest BCUT2D eigenvalue weighted by molar-refractivity contribution is 0.249. The molecule has 0 radical (unpaired) electrons. The summed E-state index contributed by atoms with van der Waals surface area (Å²) < 4.78 is 0. The average molecular weight is 179 g/mol. The molecule has 13 heavy (non-hydrogen) atoms. The highest BCUT2D eigenvalue weighted by atomic mass is 16.2. The van der Waals surface area contributed by atoms with Crippen LogP contribution >= 0.6 is 0 Å². The fourth-order valence-corrected chi connectivity index (χ4v) is 1.01. The van der Waals surface area contributed by atoms with Crippen LogP contribution in [0.1, 0.15) is 5.56 Å². The number of nitrogens with two attached hydrogens (primary N) is 2. The summed E-state index contributed by atoms with van der Waals surface area (Å²) in [6.07, 6.45) is 0.767. The molecule has 0 bridgehead atoms. The van der Waals surface area contributed by atoms with Gasteiger partial charge >= 0.3 is 6.03 Å². The second kappa shape index (κ2) is 4.35. The van der Waals surface area contributed by atoms with Crippen LogP contribution in [0.5, 0.6) is 0 Å². The zero-order valence-electron chi connectivity index (χ0n) is 7.29. The van der Waals surface area contributed by atoms with Crippen LogP contribution in [0, 0.1) is 0 Å². The number of nitrogen functional groups attached to an aromatic ring is 1. The van der Waals surface area contributed by atoms with Crippen LogP contribution in [0.3, 0.4) is 0 Å². The van der Waals surface area contributed by atoms with Gasteiger partial charge in [0.2, 0.25) is 0 Å². The zero-order valence-corrected chi connectivity index (χ0v) is 7.29. The van der Waals surface area contributed by atoms with E-state index in [0.29, 0.717) is 6.54 Å². The molecule has 2 amide bonds. The molecule has 0 heterocycles. The number of nitrogens with one attached hydrogen (secondary N) is 1. The molecule has 4 nitrogen and oxygen atoms in total. The first-order chi connectivity index (χ1) is 6.18. The Kier molecular flexibility index (Phi) is 3.14. The monoisotopic (exact) mass is 179 g/mol. The van der Waals surface area contributed by atoms with Crippen molar-refractivity contribution in [2.45, 2.75) is 6.42 Å². The standard InChI is InChI=1S/C9H13N3O/c10-8-3-1-7(2-4-8)5-6-12-9(11)13/h1-4H,5-6,10H2,(H3,11,12,13). The number of rotatable bonds is 3. The number of carbonyl (C=O) groups excluding carboxylic acids is 1. The van der Waals surface area contributed by atoms with Crippen molar-refractivity contribution in [3.8, 4) is 0 Å². The molecule has 0 atom stereocenters. The maximum absolute atomic E-state index is 10.3. The van der Waals surface area contributed by atoms with Gasteiger partial charge in [-0.1, -0.05) is 12.1 Å². The number of urea groups is 1. The normalized spacial score (nSPS) is 9.54. The Bertz CT molecular complexity index is 281. The Morgan fingerprint density at radius 3 is 2.46 bits per heavy atom. The summed E-state index contributed by atoms with van der Waals surface area (Å²) in [5.74, 6) is 0. The molecule has 0 aliphatic rings. The summed E-state index contributed by atoms with van der Waals surface area (Å²) in [5.41, 5.74) is 12.3. The highest BCUT2D eigenvalue weighted by Gasteiger charge is 1.94. The van der Waals surface area contributed by atoms with Gasteiger partial charge in [0.05, 0.1) is 0 Å². The fraction of sp³-hybridized carbons (Fsp3) is 0.222. The van der Waals surface area contributed by atoms with Crippen LogP contribution < -0.4 is 16.8 Å². The third-order valence-corrected chi connectivity index (χ3v) is 1.69. The van der Waals surface area contributed by atoms with E-state index in [2.05, 4.69) is 5.32 Å². The maximum Gasteiger partial charge on any atom is 0.312 e. The van der Waals surface area contributed by atoms with Crippen molar-refractivity contribution in [3.63, 3.8) is 0 Å². The number of benzene rings is 1. The van der Waals surface area contributed by atoms with Crippen LogP contribution in [0.2, 0.25) is 0 Å². The summed E-state index contributed by atoms with van der Waals surface area (Å²) in [4.78, 5) is 10.3. The Morgan fingerprint density at radius 1 is 1.31 bits per heavy atom. The molecule has 4 heteroatoms. The van der Waals surface area contributed by atoms with E-state index in [9.17, 15) is 4.79 Å². The Labute approximate surface area is 76.9 Å². The molecule has 70 valence electrons. The number of hydrogen-bond donors (Lipinski definition) is 3. The minimum Gasteiger partial charge on any atom is -0.399 e. The van der Waals surface area contributed by atoms with E-state index < -0.39 is 6.03 Å². The number of primary amides is 1. The van der Waals surface area contributed by atoms with E-state index in [-0.39, 0.29) is 0 Å². The molecule has 1 aromatic carbocycles. The molecule has 0 aromatic heterocycles. The van der Waals surface area contributed by atoms with Gasteiger partial charge in [-0.25, -0.2) is 4.79 Å². The highest BCUT2D eigenvalue weighted by molar-refractivity contribution is 5.71. The quantitative estimate of drug-likeness (QED) is 0.590. The van der Waals surface area contributed by atoms with Gasteiger partial charge in [0.15, 0.2) is 0 Å². The number of amides is 2. The van der Waals surface area contributed by atoms with Gasteiger partial charge in [0, 0.05) is 12.2 Å². The number of carbonyl (C=O) groups is 1. The molecule has 0 saturated carbocycles. The minimum atomic E-state index is -0.490. The van der Waals surface area contributed by atoms with Crippen LogP contribution in [0.15, 0.2) is 24.3 Å². The van der Waals surface area contributed by atoms with E-state index in [1.807, 2.05) is 24.3 Å². The summed E-state index contributed by atoms with van der Waals surface area (Å²) >= 11 is 0. The molecule has 5 N–H and O–H groups in total. The summed E-state index contributed by atoms with van der Waals surface area (Å²) in [5, 5.41) is 2.52. The van der Waals surface area contributed by atoms with Crippen molar-refractivity contribution in [2.24, 2.45) is 5.73 Å². The molecule has 1 aromatic rings. The van der Waals surface area contributed by atoms with Crippen molar-refractivity contribution in [1.29, 1.82) is 0 Å². The zero-order chi connectivity index (χ0) is 9.68. The van der Waals surface area contributed by atoms with Crippen LogP contribution in [0.25, 0.3) is 0 Å². The van der Waals surface area contributed by atoms with Crippen molar-refractivity contribution in [3.05, 3.63) is 29.8 Å². The van der Waals surface area contributed by atoms with Gasteiger partial charge in [-0.15, -0.1) is 0 Å². The molecule has 1 rings (SSSR count). The SMILES string of the molecule is NC(=O)NCCc1ccc(N)cc1. The number of hydrogen-bond acceptors (Lipinski definition) is 2. The molecule has 0 aliphatic heterocycles. The second-order valence-corrected chi connectivity index (χ2v) is 2.78. The van der Waals surface area contributed by atoms with Crippen molar-refractivity contribution in [1.82, 2.24) is 5.32 Å². The Hall–Kier alpha value is -1.71. The average Bonchev–Trinajstić information content (AvgIpc) is 2.08. The van der Waals surface area contributed by atoms with E-state index >= 15 is 0 Å². The predicted octanol–water partition coefficient (Wildman–Crippen LogP) is 0.480. The smallest absolute Gasteiger partial charge is 0.312 e. The largest absolute Gasteiger partial charge is 0.399 e. The molecule has 0 unspecified atom stereocenters. The van der Waals surface area contributed by atoms with Gasteiger partial charge in [-0.2, -0.15) is 0 Å². The van der Waals surface area contributed by atoms with Gasteiger partial charge in [0.25, 0.3) is 0 Å². The van der Waals surface area contributed by atoms with E-state index in [1.54, 1.807) is 0 Å². The van der Waals surface area contributed by atoms with Crippen LogP contribution in [0.4, 0.5) is 10.5 Å². The summed E-state index contributed by atoms with van der Waals surface area (Å²) in [7, 11) is 0. The molecule has 0 fully saturated rings. The number of anilines is 1. The lowest BCUT2D eigenvalue weighted by Gasteiger charge is -2.02. The van der Waals surface area contributed by atoms with E-state index in [0.717, 1.165) is 17.7 Å². The van der Waals surface area contributed by atoms with E-state index in [1.165, 1.54) is 0 Å². The van der Waals surface area contributed by atoms with Crippen LogP contribution in [-0.4, -0.2) is 12.6 Å². The molecule has 0 spiro atoms. The van der Waals surface area contributed by atoms with E-state index in [4.69, 9.17) is 11.5 Å².